The van der Waals surface area contributed by atoms with Crippen molar-refractivity contribution in [2.75, 3.05) is 90.7 Å². The fraction of sp³-hybridized carbons (Fsp3) is 0.350. The molecule has 2 fully saturated rings. The highest BCUT2D eigenvalue weighted by Crippen LogP contribution is 2.43. The summed E-state index contributed by atoms with van der Waals surface area (Å²) in [4.78, 5) is 29.3. The molecule has 282 valence electrons. The van der Waals surface area contributed by atoms with Crippen LogP contribution in [-0.4, -0.2) is 106 Å². The molecule has 0 spiro atoms. The van der Waals surface area contributed by atoms with Crippen molar-refractivity contribution in [3.63, 3.8) is 0 Å². The Morgan fingerprint density at radius 2 is 1.15 bits per heavy atom. The SMILES string of the molecule is COc1cc(-c2nc(N3CCOCC3)c3c(C)c(C#N)sc3n2)cc(OC)c1OC.Cc1c(C#N)sc2nc(-c3ccccc3)nc(N3CCN(C)CC3)c12. The van der Waals surface area contributed by atoms with Crippen LogP contribution in [0.25, 0.3) is 43.2 Å². The van der Waals surface area contributed by atoms with E-state index in [9.17, 15) is 10.5 Å². The molecule has 2 aromatic carbocycles. The molecule has 2 aliphatic heterocycles. The van der Waals surface area contributed by atoms with Crippen LogP contribution in [0, 0.1) is 36.5 Å². The summed E-state index contributed by atoms with van der Waals surface area (Å²) in [6.07, 6.45) is 0. The zero-order chi connectivity index (χ0) is 38.6. The maximum atomic E-state index is 9.53. The number of nitrogens with zero attached hydrogens (tertiary/aromatic N) is 9. The number of fused-ring (bicyclic) bond motifs is 2. The van der Waals surface area contributed by atoms with Crippen molar-refractivity contribution in [1.29, 1.82) is 10.5 Å². The number of piperazine rings is 1. The van der Waals surface area contributed by atoms with Gasteiger partial charge in [-0.15, -0.1) is 22.7 Å². The van der Waals surface area contributed by atoms with Crippen molar-refractivity contribution in [1.82, 2.24) is 24.8 Å². The van der Waals surface area contributed by atoms with Crippen LogP contribution in [0.3, 0.4) is 0 Å². The van der Waals surface area contributed by atoms with Gasteiger partial charge in [0.1, 0.15) is 43.2 Å². The topological polar surface area (TPSA) is 146 Å². The van der Waals surface area contributed by atoms with Gasteiger partial charge >= 0.3 is 0 Å². The van der Waals surface area contributed by atoms with Crippen molar-refractivity contribution in [2.45, 2.75) is 13.8 Å². The maximum absolute atomic E-state index is 9.53. The van der Waals surface area contributed by atoms with E-state index < -0.39 is 0 Å². The Labute approximate surface area is 327 Å². The lowest BCUT2D eigenvalue weighted by Crippen LogP contribution is -2.45. The van der Waals surface area contributed by atoms with E-state index in [-0.39, 0.29) is 0 Å². The summed E-state index contributed by atoms with van der Waals surface area (Å²) >= 11 is 2.84. The molecule has 2 saturated heterocycles. The highest BCUT2D eigenvalue weighted by atomic mass is 32.1. The van der Waals surface area contributed by atoms with Crippen LogP contribution < -0.4 is 24.0 Å². The van der Waals surface area contributed by atoms with Gasteiger partial charge in [-0.1, -0.05) is 30.3 Å². The molecule has 0 atom stereocenters. The first-order valence-corrected chi connectivity index (χ1v) is 19.5. The Kier molecular flexibility index (Phi) is 11.3. The standard InChI is InChI=1S/C21H22N4O4S.C19H19N5S/c1-12-16(11-22)30-21-17(12)20(25-5-7-29-8-6-25)23-19(24-21)13-9-14(26-2)18(28-4)15(10-13)27-3;1-13-15(12-20)25-19-16(13)18(24-10-8-23(2)9-11-24)21-17(22-19)14-6-4-3-5-7-14/h9-10H,5-8H2,1-4H3;3-7H,8-11H2,1-2H3. The molecule has 2 aliphatic rings. The molecule has 0 radical (unpaired) electrons. The Morgan fingerprint density at radius 1 is 0.655 bits per heavy atom. The van der Waals surface area contributed by atoms with E-state index in [1.807, 2.05) is 56.3 Å². The summed E-state index contributed by atoms with van der Waals surface area (Å²) in [7, 11) is 6.86. The van der Waals surface area contributed by atoms with Crippen LogP contribution in [0.1, 0.15) is 20.9 Å². The summed E-state index contributed by atoms with van der Waals surface area (Å²) in [5, 5.41) is 20.9. The van der Waals surface area contributed by atoms with Crippen molar-refractivity contribution in [3.05, 3.63) is 63.3 Å². The smallest absolute Gasteiger partial charge is 0.203 e. The van der Waals surface area contributed by atoms with Crippen molar-refractivity contribution in [3.8, 4) is 52.2 Å². The summed E-state index contributed by atoms with van der Waals surface area (Å²) in [5.41, 5.74) is 3.65. The quantitative estimate of drug-likeness (QED) is 0.170. The summed E-state index contributed by atoms with van der Waals surface area (Å²) in [6, 6.07) is 18.3. The third kappa shape index (κ3) is 7.44. The molecule has 0 aliphatic carbocycles. The second kappa shape index (κ2) is 16.4. The van der Waals surface area contributed by atoms with Gasteiger partial charge in [0, 0.05) is 50.4 Å². The van der Waals surface area contributed by atoms with Crippen LogP contribution in [0.5, 0.6) is 17.2 Å². The number of benzene rings is 2. The van der Waals surface area contributed by atoms with Crippen molar-refractivity contribution < 1.29 is 18.9 Å². The molecule has 0 saturated carbocycles. The van der Waals surface area contributed by atoms with Crippen LogP contribution >= 0.6 is 22.7 Å². The molecule has 15 heteroatoms. The lowest BCUT2D eigenvalue weighted by Gasteiger charge is -2.33. The minimum Gasteiger partial charge on any atom is -0.493 e. The van der Waals surface area contributed by atoms with E-state index in [4.69, 9.17) is 38.9 Å². The summed E-state index contributed by atoms with van der Waals surface area (Å²) in [6.45, 7) is 10.6. The third-order valence-corrected chi connectivity index (χ3v) is 12.0. The van der Waals surface area contributed by atoms with Crippen molar-refractivity contribution in [2.24, 2.45) is 0 Å². The minimum atomic E-state index is 0.511. The second-order valence-corrected chi connectivity index (χ2v) is 15.1. The normalized spacial score (nSPS) is 14.6. The Bertz CT molecular complexity index is 2400. The number of aromatic nitrogens is 4. The fourth-order valence-electron chi connectivity index (χ4n) is 6.76. The van der Waals surface area contributed by atoms with Crippen LogP contribution in [0.4, 0.5) is 11.6 Å². The number of hydrogen-bond donors (Lipinski definition) is 0. The molecule has 0 amide bonds. The Hall–Kier alpha value is -5.58. The molecule has 0 unspecified atom stereocenters. The molecule has 8 rings (SSSR count). The number of methoxy groups -OCH3 is 3. The van der Waals surface area contributed by atoms with Gasteiger partial charge in [-0.2, -0.15) is 10.5 Å². The number of aryl methyl sites for hydroxylation is 2. The van der Waals surface area contributed by atoms with Gasteiger partial charge in [0.15, 0.2) is 23.1 Å². The first-order valence-electron chi connectivity index (χ1n) is 17.8. The first kappa shape index (κ1) is 37.7. The van der Waals surface area contributed by atoms with Gasteiger partial charge in [-0.25, -0.2) is 19.9 Å². The average Bonchev–Trinajstić information content (AvgIpc) is 3.75. The molecular formula is C40H41N9O4S2. The average molecular weight is 776 g/mol. The van der Waals surface area contributed by atoms with Gasteiger partial charge in [-0.05, 0) is 44.2 Å². The van der Waals surface area contributed by atoms with Gasteiger partial charge in [0.05, 0.1) is 45.3 Å². The number of thiophene rings is 2. The molecule has 0 N–H and O–H groups in total. The number of rotatable bonds is 7. The van der Waals surface area contributed by atoms with E-state index in [1.165, 1.54) is 22.7 Å². The highest BCUT2D eigenvalue weighted by Gasteiger charge is 2.25. The summed E-state index contributed by atoms with van der Waals surface area (Å²) in [5.74, 6) is 4.63. The van der Waals surface area contributed by atoms with Gasteiger partial charge < -0.3 is 33.6 Å². The van der Waals surface area contributed by atoms with Crippen LogP contribution in [-0.2, 0) is 4.74 Å². The van der Waals surface area contributed by atoms with Gasteiger partial charge in [0.2, 0.25) is 5.75 Å². The van der Waals surface area contributed by atoms with E-state index in [2.05, 4.69) is 33.9 Å². The van der Waals surface area contributed by atoms with E-state index in [1.54, 1.807) is 21.3 Å². The van der Waals surface area contributed by atoms with E-state index >= 15 is 0 Å². The molecule has 0 bridgehead atoms. The highest BCUT2D eigenvalue weighted by molar-refractivity contribution is 7.19. The third-order valence-electron chi connectivity index (χ3n) is 9.81. The lowest BCUT2D eigenvalue weighted by atomic mass is 10.1. The van der Waals surface area contributed by atoms with E-state index in [0.717, 1.165) is 104 Å². The second-order valence-electron chi connectivity index (χ2n) is 13.1. The minimum absolute atomic E-state index is 0.511. The van der Waals surface area contributed by atoms with Gasteiger partial charge in [0.25, 0.3) is 0 Å². The summed E-state index contributed by atoms with van der Waals surface area (Å²) < 4.78 is 21.9. The molecule has 4 aromatic heterocycles. The Balaban J connectivity index is 0.000000172. The maximum Gasteiger partial charge on any atom is 0.203 e. The van der Waals surface area contributed by atoms with Gasteiger partial charge in [-0.3, -0.25) is 0 Å². The van der Waals surface area contributed by atoms with E-state index in [0.29, 0.717) is 41.2 Å². The monoisotopic (exact) mass is 775 g/mol. The molecule has 6 aromatic rings. The zero-order valence-electron chi connectivity index (χ0n) is 31.7. The molecule has 13 nitrogen and oxygen atoms in total. The first-order chi connectivity index (χ1) is 26.8. The molecule has 55 heavy (non-hydrogen) atoms. The predicted octanol–water partition coefficient (Wildman–Crippen LogP) is 6.69. The lowest BCUT2D eigenvalue weighted by molar-refractivity contribution is 0.122. The fourth-order valence-corrected chi connectivity index (χ4v) is 8.70. The zero-order valence-corrected chi connectivity index (χ0v) is 33.3. The van der Waals surface area contributed by atoms with Crippen LogP contribution in [0.15, 0.2) is 42.5 Å². The predicted molar refractivity (Wildman–Crippen MR) is 217 cm³/mol. The Morgan fingerprint density at radius 3 is 1.62 bits per heavy atom. The molecule has 6 heterocycles. The number of nitriles is 2. The number of likely N-dealkylation sites (N-methyl/N-ethyl adjacent to an activating group) is 1. The number of hydrogen-bond acceptors (Lipinski definition) is 15. The van der Waals surface area contributed by atoms with Crippen molar-refractivity contribution >= 4 is 54.7 Å². The largest absolute Gasteiger partial charge is 0.493 e. The number of morpholine rings is 1. The number of ether oxygens (including phenoxy) is 4. The number of anilines is 2. The molecular weight excluding hydrogens is 735 g/mol. The van der Waals surface area contributed by atoms with Crippen LogP contribution in [0.2, 0.25) is 0 Å².